The molecule has 0 fully saturated rings. The van der Waals surface area contributed by atoms with Crippen molar-refractivity contribution in [1.29, 1.82) is 0 Å². The highest BCUT2D eigenvalue weighted by Gasteiger charge is 2.02. The number of hydrogen-bond donors (Lipinski definition) is 1. The first-order valence-electron chi connectivity index (χ1n) is 3.42. The van der Waals surface area contributed by atoms with Crippen LogP contribution in [0.2, 0.25) is 0 Å². The number of methoxy groups -OCH3 is 1. The van der Waals surface area contributed by atoms with Gasteiger partial charge in [0, 0.05) is 11.8 Å². The summed E-state index contributed by atoms with van der Waals surface area (Å²) in [4.78, 5) is 1.11. The van der Waals surface area contributed by atoms with Crippen molar-refractivity contribution in [2.45, 2.75) is 4.90 Å². The second-order valence-corrected chi connectivity index (χ2v) is 4.60. The van der Waals surface area contributed by atoms with Crippen molar-refractivity contribution in [3.05, 3.63) is 18.2 Å². The fourth-order valence-corrected chi connectivity index (χ4v) is 2.32. The van der Waals surface area contributed by atoms with Crippen molar-refractivity contribution in [2.75, 3.05) is 19.1 Å². The molecule has 4 heteroatoms. The maximum Gasteiger partial charge on any atom is 0.135 e. The molecule has 0 bridgehead atoms. The van der Waals surface area contributed by atoms with E-state index in [9.17, 15) is 0 Å². The smallest absolute Gasteiger partial charge is 0.135 e. The zero-order valence-electron chi connectivity index (χ0n) is 7.03. The number of anilines is 1. The van der Waals surface area contributed by atoms with Gasteiger partial charge in [-0.15, -0.1) is 0 Å². The summed E-state index contributed by atoms with van der Waals surface area (Å²) >= 11 is 0. The minimum absolute atomic E-state index is 0.734. The summed E-state index contributed by atoms with van der Waals surface area (Å²) in [7, 11) is 5.01. The van der Waals surface area contributed by atoms with E-state index < -0.39 is 0 Å². The Hall–Kier alpha value is -0.480. The molecule has 0 aliphatic heterocycles. The highest BCUT2D eigenvalue weighted by atomic mass is 33.1. The standard InChI is InChI=1S/C8H11NOS2/c1-10-7-5-6(9)3-4-8(7)12-11-2/h3-5H,9H2,1-2H3. The molecule has 0 saturated heterocycles. The van der Waals surface area contributed by atoms with E-state index in [2.05, 4.69) is 0 Å². The molecule has 2 nitrogen and oxygen atoms in total. The van der Waals surface area contributed by atoms with Crippen LogP contribution >= 0.6 is 21.6 Å². The molecular formula is C8H11NOS2. The predicted octanol–water partition coefficient (Wildman–Crippen LogP) is 2.65. The molecule has 0 aromatic heterocycles. The number of hydrogen-bond acceptors (Lipinski definition) is 4. The number of ether oxygens (including phenoxy) is 1. The van der Waals surface area contributed by atoms with E-state index in [0.29, 0.717) is 0 Å². The summed E-state index contributed by atoms with van der Waals surface area (Å²) in [6, 6.07) is 5.68. The monoisotopic (exact) mass is 201 g/mol. The number of nitrogens with two attached hydrogens (primary N) is 1. The van der Waals surface area contributed by atoms with E-state index in [1.807, 2.05) is 24.5 Å². The maximum absolute atomic E-state index is 5.60. The van der Waals surface area contributed by atoms with E-state index in [-0.39, 0.29) is 0 Å². The van der Waals surface area contributed by atoms with Crippen LogP contribution in [0.4, 0.5) is 5.69 Å². The van der Waals surface area contributed by atoms with Gasteiger partial charge in [0.2, 0.25) is 0 Å². The van der Waals surface area contributed by atoms with E-state index in [4.69, 9.17) is 10.5 Å². The predicted molar refractivity (Wildman–Crippen MR) is 56.8 cm³/mol. The summed E-state index contributed by atoms with van der Waals surface area (Å²) in [5.74, 6) is 0.842. The van der Waals surface area contributed by atoms with Crippen LogP contribution in [0.1, 0.15) is 0 Å². The quantitative estimate of drug-likeness (QED) is 0.602. The van der Waals surface area contributed by atoms with Crippen LogP contribution in [0.5, 0.6) is 5.75 Å². The molecule has 0 aliphatic rings. The van der Waals surface area contributed by atoms with Gasteiger partial charge in [-0.3, -0.25) is 0 Å². The van der Waals surface area contributed by atoms with Crippen molar-refractivity contribution in [2.24, 2.45) is 0 Å². The fraction of sp³-hybridized carbons (Fsp3) is 0.250. The maximum atomic E-state index is 5.60. The molecule has 1 aromatic carbocycles. The second-order valence-electron chi connectivity index (χ2n) is 2.16. The van der Waals surface area contributed by atoms with Gasteiger partial charge in [-0.1, -0.05) is 21.6 Å². The Morgan fingerprint density at radius 2 is 2.17 bits per heavy atom. The van der Waals surface area contributed by atoms with E-state index >= 15 is 0 Å². The molecule has 66 valence electrons. The first kappa shape index (κ1) is 9.61. The molecule has 0 aliphatic carbocycles. The Balaban J connectivity index is 2.94. The summed E-state index contributed by atoms with van der Waals surface area (Å²) in [6.07, 6.45) is 2.03. The van der Waals surface area contributed by atoms with Crippen molar-refractivity contribution in [3.63, 3.8) is 0 Å². The molecule has 0 radical (unpaired) electrons. The Labute approximate surface area is 80.3 Å². The highest BCUT2D eigenvalue weighted by molar-refractivity contribution is 8.76. The summed E-state index contributed by atoms with van der Waals surface area (Å²) in [5.41, 5.74) is 6.34. The van der Waals surface area contributed by atoms with Gasteiger partial charge in [0.15, 0.2) is 0 Å². The SMILES string of the molecule is COc1cc(N)ccc1SSC. The van der Waals surface area contributed by atoms with Gasteiger partial charge < -0.3 is 10.5 Å². The van der Waals surface area contributed by atoms with Gasteiger partial charge in [0.25, 0.3) is 0 Å². The summed E-state index contributed by atoms with van der Waals surface area (Å²) < 4.78 is 5.16. The van der Waals surface area contributed by atoms with E-state index in [1.165, 1.54) is 0 Å². The Bertz CT molecular complexity index is 265. The van der Waals surface area contributed by atoms with Crippen LogP contribution in [0.15, 0.2) is 23.1 Å². The molecule has 2 N–H and O–H groups in total. The van der Waals surface area contributed by atoms with Crippen LogP contribution in [0.3, 0.4) is 0 Å². The van der Waals surface area contributed by atoms with Gasteiger partial charge in [-0.25, -0.2) is 0 Å². The fourth-order valence-electron chi connectivity index (χ4n) is 0.843. The van der Waals surface area contributed by atoms with Crippen molar-refractivity contribution in [3.8, 4) is 5.75 Å². The topological polar surface area (TPSA) is 35.2 Å². The third-order valence-corrected chi connectivity index (χ3v) is 3.08. The lowest BCUT2D eigenvalue weighted by atomic mass is 10.3. The minimum Gasteiger partial charge on any atom is -0.495 e. The average Bonchev–Trinajstić information content (AvgIpc) is 2.08. The Kier molecular flexibility index (Phi) is 3.62. The summed E-state index contributed by atoms with van der Waals surface area (Å²) in [5, 5.41) is 0. The van der Waals surface area contributed by atoms with Crippen LogP contribution in [0, 0.1) is 0 Å². The first-order chi connectivity index (χ1) is 5.77. The molecule has 1 rings (SSSR count). The molecule has 0 amide bonds. The third-order valence-electron chi connectivity index (χ3n) is 1.36. The summed E-state index contributed by atoms with van der Waals surface area (Å²) in [6.45, 7) is 0. The molecule has 0 atom stereocenters. The lowest BCUT2D eigenvalue weighted by molar-refractivity contribution is 0.405. The van der Waals surface area contributed by atoms with Crippen molar-refractivity contribution >= 4 is 27.3 Å². The number of nitrogen functional groups attached to an aromatic ring is 1. The molecule has 0 spiro atoms. The van der Waals surface area contributed by atoms with Gasteiger partial charge in [0.05, 0.1) is 12.0 Å². The van der Waals surface area contributed by atoms with Crippen LogP contribution in [-0.4, -0.2) is 13.4 Å². The van der Waals surface area contributed by atoms with Gasteiger partial charge in [0.1, 0.15) is 5.75 Å². The van der Waals surface area contributed by atoms with Gasteiger partial charge in [-0.05, 0) is 18.4 Å². The van der Waals surface area contributed by atoms with Crippen molar-refractivity contribution < 1.29 is 4.74 Å². The van der Waals surface area contributed by atoms with E-state index in [0.717, 1.165) is 16.3 Å². The van der Waals surface area contributed by atoms with Crippen LogP contribution in [0.25, 0.3) is 0 Å². The van der Waals surface area contributed by atoms with Crippen LogP contribution < -0.4 is 10.5 Å². The second kappa shape index (κ2) is 4.52. The largest absolute Gasteiger partial charge is 0.495 e. The third kappa shape index (κ3) is 2.25. The molecular weight excluding hydrogens is 190 g/mol. The van der Waals surface area contributed by atoms with Crippen molar-refractivity contribution in [1.82, 2.24) is 0 Å². The lowest BCUT2D eigenvalue weighted by Gasteiger charge is -2.06. The Morgan fingerprint density at radius 1 is 1.42 bits per heavy atom. The Morgan fingerprint density at radius 3 is 2.75 bits per heavy atom. The molecule has 12 heavy (non-hydrogen) atoms. The zero-order valence-corrected chi connectivity index (χ0v) is 8.67. The van der Waals surface area contributed by atoms with Gasteiger partial charge >= 0.3 is 0 Å². The van der Waals surface area contributed by atoms with Gasteiger partial charge in [-0.2, -0.15) is 0 Å². The highest BCUT2D eigenvalue weighted by Crippen LogP contribution is 2.36. The molecule has 0 saturated carbocycles. The average molecular weight is 201 g/mol. The lowest BCUT2D eigenvalue weighted by Crippen LogP contribution is -1.89. The first-order valence-corrected chi connectivity index (χ1v) is 5.98. The zero-order chi connectivity index (χ0) is 8.97. The van der Waals surface area contributed by atoms with E-state index in [1.54, 1.807) is 28.7 Å². The number of benzene rings is 1. The normalized spacial score (nSPS) is 9.83. The molecule has 0 unspecified atom stereocenters. The number of rotatable bonds is 3. The molecule has 0 heterocycles. The minimum atomic E-state index is 0.734. The van der Waals surface area contributed by atoms with Crippen LogP contribution in [-0.2, 0) is 0 Å². The molecule has 1 aromatic rings.